The number of hydrogen-bond acceptors (Lipinski definition) is 4. The molecule has 1 rings (SSSR count). The normalized spacial score (nSPS) is 15.2. The fourth-order valence-electron chi connectivity index (χ4n) is 2.26. The molecule has 0 saturated heterocycles. The van der Waals surface area contributed by atoms with E-state index in [0.717, 1.165) is 19.3 Å². The van der Waals surface area contributed by atoms with Crippen LogP contribution in [0, 0.1) is 5.92 Å². The first-order valence-electron chi connectivity index (χ1n) is 7.59. The minimum atomic E-state index is -0.255. The zero-order valence-electron chi connectivity index (χ0n) is 13.4. The Kier molecular flexibility index (Phi) is 7.23. The Hall–Kier alpha value is -1.55. The molecule has 0 aliphatic rings. The third-order valence-electron chi connectivity index (χ3n) is 3.93. The van der Waals surface area contributed by atoms with E-state index >= 15 is 0 Å². The summed E-state index contributed by atoms with van der Waals surface area (Å²) in [7, 11) is 1.43. The molecule has 2 N–H and O–H groups in total. The van der Waals surface area contributed by atoms with Crippen LogP contribution in [0.2, 0.25) is 0 Å². The Morgan fingerprint density at radius 1 is 1.29 bits per heavy atom. The summed E-state index contributed by atoms with van der Waals surface area (Å²) >= 11 is 0. The number of nitrogens with one attached hydrogen (secondary N) is 1. The molecule has 0 spiro atoms. The zero-order chi connectivity index (χ0) is 15.8. The molecule has 0 bridgehead atoms. The molecule has 1 aromatic rings. The van der Waals surface area contributed by atoms with E-state index in [-0.39, 0.29) is 29.7 Å². The molecule has 0 radical (unpaired) electrons. The number of carbonyl (C=O) groups excluding carboxylic acids is 1. The van der Waals surface area contributed by atoms with Crippen molar-refractivity contribution in [2.75, 3.05) is 7.11 Å². The highest BCUT2D eigenvalue weighted by Crippen LogP contribution is 2.14. The Bertz CT molecular complexity index is 430. The van der Waals surface area contributed by atoms with E-state index in [1.54, 1.807) is 12.1 Å². The molecule has 0 aliphatic heterocycles. The first kappa shape index (κ1) is 17.5. The van der Waals surface area contributed by atoms with Gasteiger partial charge >= 0.3 is 5.97 Å². The minimum absolute atomic E-state index is 0.194. The number of carbonyl (C=O) groups is 1. The first-order valence-corrected chi connectivity index (χ1v) is 7.59. The third kappa shape index (κ3) is 5.76. The number of benzene rings is 1. The smallest absolute Gasteiger partial charge is 0.323 e. The lowest BCUT2D eigenvalue weighted by atomic mass is 9.97. The molecule has 21 heavy (non-hydrogen) atoms. The summed E-state index contributed by atoms with van der Waals surface area (Å²) < 4.78 is 4.88. The number of rotatable bonds is 8. The minimum Gasteiger partial charge on any atom is -0.508 e. The van der Waals surface area contributed by atoms with Gasteiger partial charge in [0.05, 0.1) is 7.11 Å². The highest BCUT2D eigenvalue weighted by atomic mass is 16.5. The molecular formula is C17H27NO3. The van der Waals surface area contributed by atoms with Crippen molar-refractivity contribution in [3.63, 3.8) is 0 Å². The number of esters is 1. The molecule has 0 amide bonds. The maximum absolute atomic E-state index is 11.8. The van der Waals surface area contributed by atoms with E-state index in [1.165, 1.54) is 12.7 Å². The quantitative estimate of drug-likeness (QED) is 0.724. The molecule has 3 atom stereocenters. The van der Waals surface area contributed by atoms with Crippen molar-refractivity contribution in [3.05, 3.63) is 29.8 Å². The van der Waals surface area contributed by atoms with Crippen LogP contribution < -0.4 is 5.32 Å². The van der Waals surface area contributed by atoms with E-state index in [4.69, 9.17) is 4.74 Å². The SMILES string of the molecule is CCC(C)C(NC(C)CCc1ccc(O)cc1)C(=O)OC. The second-order valence-corrected chi connectivity index (χ2v) is 5.66. The van der Waals surface area contributed by atoms with Gasteiger partial charge in [-0.15, -0.1) is 0 Å². The predicted octanol–water partition coefficient (Wildman–Crippen LogP) is 2.89. The van der Waals surface area contributed by atoms with Crippen LogP contribution in [0.15, 0.2) is 24.3 Å². The maximum atomic E-state index is 11.8. The number of phenolic OH excluding ortho intramolecular Hbond substituents is 1. The number of ether oxygens (including phenoxy) is 1. The van der Waals surface area contributed by atoms with Crippen LogP contribution in [0.25, 0.3) is 0 Å². The number of methoxy groups -OCH3 is 1. The number of aromatic hydroxyl groups is 1. The second-order valence-electron chi connectivity index (χ2n) is 5.66. The van der Waals surface area contributed by atoms with Gasteiger partial charge in [0.25, 0.3) is 0 Å². The molecule has 3 unspecified atom stereocenters. The highest BCUT2D eigenvalue weighted by Gasteiger charge is 2.25. The van der Waals surface area contributed by atoms with Gasteiger partial charge in [-0.25, -0.2) is 0 Å². The number of phenols is 1. The van der Waals surface area contributed by atoms with Crippen LogP contribution in [0.3, 0.4) is 0 Å². The van der Waals surface area contributed by atoms with Gasteiger partial charge in [-0.2, -0.15) is 0 Å². The molecule has 0 aliphatic carbocycles. The Labute approximate surface area is 127 Å². The molecule has 0 heterocycles. The molecule has 4 heteroatoms. The van der Waals surface area contributed by atoms with Gasteiger partial charge < -0.3 is 15.2 Å². The van der Waals surface area contributed by atoms with Gasteiger partial charge in [0, 0.05) is 6.04 Å². The van der Waals surface area contributed by atoms with Crippen molar-refractivity contribution in [2.24, 2.45) is 5.92 Å². The van der Waals surface area contributed by atoms with Gasteiger partial charge in [-0.05, 0) is 43.4 Å². The zero-order valence-corrected chi connectivity index (χ0v) is 13.4. The van der Waals surface area contributed by atoms with E-state index in [0.29, 0.717) is 0 Å². The van der Waals surface area contributed by atoms with Crippen LogP contribution in [-0.4, -0.2) is 30.3 Å². The van der Waals surface area contributed by atoms with Gasteiger partial charge in [-0.3, -0.25) is 4.79 Å². The van der Waals surface area contributed by atoms with Gasteiger partial charge in [0.15, 0.2) is 0 Å². The molecule has 0 saturated carbocycles. The largest absolute Gasteiger partial charge is 0.508 e. The summed E-state index contributed by atoms with van der Waals surface area (Å²) in [5.74, 6) is 0.335. The van der Waals surface area contributed by atoms with Crippen molar-refractivity contribution >= 4 is 5.97 Å². The van der Waals surface area contributed by atoms with Crippen LogP contribution in [0.4, 0.5) is 0 Å². The first-order chi connectivity index (χ1) is 9.97. The fourth-order valence-corrected chi connectivity index (χ4v) is 2.26. The molecular weight excluding hydrogens is 266 g/mol. The second kappa shape index (κ2) is 8.67. The Balaban J connectivity index is 2.51. The summed E-state index contributed by atoms with van der Waals surface area (Å²) in [6.07, 6.45) is 2.76. The topological polar surface area (TPSA) is 58.6 Å². The lowest BCUT2D eigenvalue weighted by Crippen LogP contribution is -2.46. The molecule has 4 nitrogen and oxygen atoms in total. The van der Waals surface area contributed by atoms with Crippen LogP contribution in [0.1, 0.15) is 39.2 Å². The van der Waals surface area contributed by atoms with E-state index in [9.17, 15) is 9.90 Å². The fraction of sp³-hybridized carbons (Fsp3) is 0.588. The van der Waals surface area contributed by atoms with Gasteiger partial charge in [-0.1, -0.05) is 32.4 Å². The van der Waals surface area contributed by atoms with E-state index in [2.05, 4.69) is 26.1 Å². The molecule has 0 aromatic heterocycles. The lowest BCUT2D eigenvalue weighted by Gasteiger charge is -2.25. The van der Waals surface area contributed by atoms with Crippen molar-refractivity contribution in [3.8, 4) is 5.75 Å². The van der Waals surface area contributed by atoms with Crippen LogP contribution >= 0.6 is 0 Å². The molecule has 1 aromatic carbocycles. The Morgan fingerprint density at radius 2 is 1.90 bits per heavy atom. The van der Waals surface area contributed by atoms with Crippen molar-refractivity contribution < 1.29 is 14.6 Å². The van der Waals surface area contributed by atoms with E-state index < -0.39 is 0 Å². The Morgan fingerprint density at radius 3 is 2.43 bits per heavy atom. The van der Waals surface area contributed by atoms with Gasteiger partial charge in [0.2, 0.25) is 0 Å². The summed E-state index contributed by atoms with van der Waals surface area (Å²) in [5.41, 5.74) is 1.18. The van der Waals surface area contributed by atoms with Crippen molar-refractivity contribution in [1.82, 2.24) is 5.32 Å². The van der Waals surface area contributed by atoms with Crippen LogP contribution in [-0.2, 0) is 16.0 Å². The number of hydrogen-bond donors (Lipinski definition) is 2. The van der Waals surface area contributed by atoms with E-state index in [1.807, 2.05) is 12.1 Å². The highest BCUT2D eigenvalue weighted by molar-refractivity contribution is 5.76. The monoisotopic (exact) mass is 293 g/mol. The third-order valence-corrected chi connectivity index (χ3v) is 3.93. The summed E-state index contributed by atoms with van der Waals surface area (Å²) in [6.45, 7) is 6.21. The molecule has 0 fully saturated rings. The predicted molar refractivity (Wildman–Crippen MR) is 84.3 cm³/mol. The number of aryl methyl sites for hydroxylation is 1. The maximum Gasteiger partial charge on any atom is 0.323 e. The molecule has 118 valence electrons. The van der Waals surface area contributed by atoms with Crippen molar-refractivity contribution in [2.45, 2.75) is 52.1 Å². The summed E-state index contributed by atoms with van der Waals surface area (Å²) in [6, 6.07) is 7.21. The standard InChI is InChI=1S/C17H27NO3/c1-5-12(2)16(17(20)21-4)18-13(3)6-7-14-8-10-15(19)11-9-14/h8-13,16,18-19H,5-7H2,1-4H3. The van der Waals surface area contributed by atoms with Crippen molar-refractivity contribution in [1.29, 1.82) is 0 Å². The lowest BCUT2D eigenvalue weighted by molar-refractivity contribution is -0.144. The summed E-state index contributed by atoms with van der Waals surface area (Å²) in [5, 5.41) is 12.6. The summed E-state index contributed by atoms with van der Waals surface area (Å²) in [4.78, 5) is 11.8. The van der Waals surface area contributed by atoms with Gasteiger partial charge in [0.1, 0.15) is 11.8 Å². The van der Waals surface area contributed by atoms with Crippen LogP contribution in [0.5, 0.6) is 5.75 Å². The average Bonchev–Trinajstić information content (AvgIpc) is 2.50. The average molecular weight is 293 g/mol.